The molecule has 61 heavy (non-hydrogen) atoms. The quantitative estimate of drug-likeness (QED) is 0.103. The van der Waals surface area contributed by atoms with Crippen LogP contribution in [0.25, 0.3) is 44.8 Å². The molecule has 2 aliphatic rings. The van der Waals surface area contributed by atoms with Crippen LogP contribution in [0, 0.1) is 5.92 Å². The molecule has 0 saturated carbocycles. The number of amides is 4. The molecule has 3 aromatic heterocycles. The van der Waals surface area contributed by atoms with Gasteiger partial charge in [0.1, 0.15) is 23.7 Å². The van der Waals surface area contributed by atoms with Gasteiger partial charge in [-0.15, -0.1) is 0 Å². The Morgan fingerprint density at radius 3 is 1.97 bits per heavy atom. The lowest BCUT2D eigenvalue weighted by Crippen LogP contribution is -2.51. The highest BCUT2D eigenvalue weighted by Gasteiger charge is 2.40. The summed E-state index contributed by atoms with van der Waals surface area (Å²) >= 11 is 0. The molecule has 0 radical (unpaired) electrons. The smallest absolute Gasteiger partial charge is 0.407 e. The fraction of sp³-hybridized carbons (Fsp3) is 0.348. The van der Waals surface area contributed by atoms with Crippen molar-refractivity contribution in [1.82, 2.24) is 49.9 Å². The van der Waals surface area contributed by atoms with Gasteiger partial charge in [0, 0.05) is 44.6 Å². The monoisotopic (exact) mass is 822 g/mol. The molecule has 3 aromatic carbocycles. The third-order valence-electron chi connectivity index (χ3n) is 11.8. The Morgan fingerprint density at radius 2 is 1.36 bits per heavy atom. The Hall–Kier alpha value is -6.90. The van der Waals surface area contributed by atoms with E-state index in [0.29, 0.717) is 31.2 Å². The molecule has 6 aromatic rings. The topological polar surface area (TPSA) is 193 Å². The molecule has 2 fully saturated rings. The van der Waals surface area contributed by atoms with E-state index >= 15 is 0 Å². The molecule has 2 saturated heterocycles. The molecule has 15 heteroatoms. The average Bonchev–Trinajstić information content (AvgIpc) is 4.10. The first-order valence-electron chi connectivity index (χ1n) is 20.8. The first kappa shape index (κ1) is 40.9. The highest BCUT2D eigenvalue weighted by molar-refractivity contribution is 5.88. The molecular formula is C46H50N10O5. The highest BCUT2D eigenvalue weighted by atomic mass is 16.4. The molecule has 0 aliphatic carbocycles. The number of carbonyl (C=O) groups excluding carboxylic acids is 3. The second kappa shape index (κ2) is 17.4. The van der Waals surface area contributed by atoms with Crippen molar-refractivity contribution < 1.29 is 24.3 Å². The minimum absolute atomic E-state index is 0.118. The summed E-state index contributed by atoms with van der Waals surface area (Å²) < 4.78 is 0. The van der Waals surface area contributed by atoms with Crippen LogP contribution >= 0.6 is 0 Å². The summed E-state index contributed by atoms with van der Waals surface area (Å²) in [6, 6.07) is 21.6. The molecule has 0 bridgehead atoms. The molecule has 0 spiro atoms. The number of benzene rings is 3. The average molecular weight is 823 g/mol. The number of fused-ring (bicyclic) bond motifs is 1. The summed E-state index contributed by atoms with van der Waals surface area (Å²) in [5.41, 5.74) is 7.50. The van der Waals surface area contributed by atoms with Crippen LogP contribution in [-0.4, -0.2) is 106 Å². The van der Waals surface area contributed by atoms with E-state index < -0.39 is 18.2 Å². The Labute approximate surface area is 353 Å². The molecule has 1 unspecified atom stereocenters. The summed E-state index contributed by atoms with van der Waals surface area (Å²) in [4.78, 5) is 82.0. The lowest BCUT2D eigenvalue weighted by atomic mass is 10.0. The van der Waals surface area contributed by atoms with E-state index in [4.69, 9.17) is 15.0 Å². The molecule has 8 rings (SSSR count). The maximum absolute atomic E-state index is 13.9. The van der Waals surface area contributed by atoms with Gasteiger partial charge in [-0.3, -0.25) is 24.3 Å². The summed E-state index contributed by atoms with van der Waals surface area (Å²) in [6.07, 6.45) is 7.74. The first-order valence-corrected chi connectivity index (χ1v) is 20.8. The third-order valence-corrected chi connectivity index (χ3v) is 11.8. The van der Waals surface area contributed by atoms with E-state index in [-0.39, 0.29) is 35.7 Å². The number of likely N-dealkylation sites (tertiary alicyclic amines) is 2. The zero-order chi connectivity index (χ0) is 42.8. The first-order chi connectivity index (χ1) is 29.4. The lowest BCUT2D eigenvalue weighted by Gasteiger charge is -2.33. The number of aromatic nitrogens is 6. The molecule has 4 amide bonds. The van der Waals surface area contributed by atoms with Crippen LogP contribution in [0.1, 0.15) is 75.8 Å². The molecule has 4 atom stereocenters. The standard InChI is InChI=1S/C46H50N10O5/c1-27(2)41(54(4)46(60)61)45(59)56-21-9-13-40(56)43-48-25-37(52-43)31-16-14-30(15-17-31)36-24-47-34-23-32(18-19-33(34)51-36)38-26-49-42(53-38)39-12-8-20-55(39)44(58)35(50-28(3)57)22-29-10-6-5-7-11-29/h5-7,10-11,14-19,23-27,35,39-41H,8-9,12-13,20-22H2,1-4H3,(H,48,52)(H,49,53)(H,50,57)(H,60,61)/t35-,39-,40-,41?/m0/s1. The fourth-order valence-electron chi connectivity index (χ4n) is 8.76. The minimum atomic E-state index is -1.13. The number of carboxylic acid groups (broad SMARTS) is 1. The molecule has 15 nitrogen and oxygen atoms in total. The van der Waals surface area contributed by atoms with Gasteiger partial charge in [0.15, 0.2) is 0 Å². The van der Waals surface area contributed by atoms with Gasteiger partial charge in [-0.1, -0.05) is 74.5 Å². The Morgan fingerprint density at radius 1 is 0.770 bits per heavy atom. The molecule has 2 aliphatic heterocycles. The predicted molar refractivity (Wildman–Crippen MR) is 230 cm³/mol. The molecular weight excluding hydrogens is 773 g/mol. The van der Waals surface area contributed by atoms with Gasteiger partial charge in [0.25, 0.3) is 0 Å². The molecule has 4 N–H and O–H groups in total. The van der Waals surface area contributed by atoms with Crippen LogP contribution in [0.15, 0.2) is 91.4 Å². The number of H-pyrrole nitrogens is 2. The van der Waals surface area contributed by atoms with Crippen LogP contribution in [-0.2, 0) is 20.8 Å². The number of carbonyl (C=O) groups is 4. The summed E-state index contributed by atoms with van der Waals surface area (Å²) in [5.74, 6) is 0.632. The Balaban J connectivity index is 0.940. The van der Waals surface area contributed by atoms with E-state index in [1.807, 2.05) is 91.5 Å². The number of nitrogens with one attached hydrogen (secondary N) is 3. The van der Waals surface area contributed by atoms with Gasteiger partial charge >= 0.3 is 6.09 Å². The number of aromatic amines is 2. The zero-order valence-electron chi connectivity index (χ0n) is 34.7. The van der Waals surface area contributed by atoms with Crippen molar-refractivity contribution in [1.29, 1.82) is 0 Å². The van der Waals surface area contributed by atoms with Gasteiger partial charge in [-0.2, -0.15) is 0 Å². The zero-order valence-corrected chi connectivity index (χ0v) is 34.7. The van der Waals surface area contributed by atoms with Crippen molar-refractivity contribution in [2.75, 3.05) is 20.1 Å². The van der Waals surface area contributed by atoms with Crippen molar-refractivity contribution in [3.8, 4) is 33.8 Å². The van der Waals surface area contributed by atoms with Gasteiger partial charge < -0.3 is 30.2 Å². The van der Waals surface area contributed by atoms with Crippen molar-refractivity contribution >= 4 is 34.8 Å². The number of nitrogens with zero attached hydrogens (tertiary/aromatic N) is 7. The van der Waals surface area contributed by atoms with Crippen LogP contribution < -0.4 is 5.32 Å². The number of imidazole rings is 2. The van der Waals surface area contributed by atoms with Gasteiger partial charge in [0.2, 0.25) is 17.7 Å². The van der Waals surface area contributed by atoms with Crippen molar-refractivity contribution in [3.63, 3.8) is 0 Å². The van der Waals surface area contributed by atoms with Crippen LogP contribution in [0.3, 0.4) is 0 Å². The minimum Gasteiger partial charge on any atom is -0.465 e. The van der Waals surface area contributed by atoms with Crippen LogP contribution in [0.4, 0.5) is 4.79 Å². The highest BCUT2D eigenvalue weighted by Crippen LogP contribution is 2.35. The van der Waals surface area contributed by atoms with Gasteiger partial charge in [-0.05, 0) is 54.9 Å². The van der Waals surface area contributed by atoms with E-state index in [1.54, 1.807) is 23.5 Å². The molecule has 5 heterocycles. The Bertz CT molecular complexity index is 2550. The predicted octanol–water partition coefficient (Wildman–Crippen LogP) is 6.79. The number of hydrogen-bond acceptors (Lipinski definition) is 8. The maximum Gasteiger partial charge on any atom is 0.407 e. The van der Waals surface area contributed by atoms with Crippen molar-refractivity contribution in [2.45, 2.75) is 77.0 Å². The SMILES string of the molecule is CC(=O)N[C@@H](Cc1ccccc1)C(=O)N1CCC[C@H]1c1ncc(-c2ccc3nc(-c4ccc(-c5cnc([C@@H]6CCCN6C(=O)C(C(C)C)N(C)C(=O)O)[nH]5)cc4)cnc3c2)[nH]1. The summed E-state index contributed by atoms with van der Waals surface area (Å²) in [5, 5.41) is 12.5. The fourth-order valence-corrected chi connectivity index (χ4v) is 8.76. The third kappa shape index (κ3) is 8.58. The number of likely N-dealkylation sites (N-methyl/N-ethyl adjacent to an activating group) is 1. The summed E-state index contributed by atoms with van der Waals surface area (Å²) in [7, 11) is 1.44. The van der Waals surface area contributed by atoms with Gasteiger partial charge in [-0.25, -0.2) is 19.7 Å². The number of hydrogen-bond donors (Lipinski definition) is 4. The largest absolute Gasteiger partial charge is 0.465 e. The lowest BCUT2D eigenvalue weighted by molar-refractivity contribution is -0.138. The van der Waals surface area contributed by atoms with E-state index in [9.17, 15) is 24.3 Å². The van der Waals surface area contributed by atoms with E-state index in [0.717, 1.165) is 81.0 Å². The van der Waals surface area contributed by atoms with E-state index in [1.165, 1.54) is 14.0 Å². The number of rotatable bonds is 12. The van der Waals surface area contributed by atoms with Crippen LogP contribution in [0.2, 0.25) is 0 Å². The Kier molecular flexibility index (Phi) is 11.6. The normalized spacial score (nSPS) is 17.5. The summed E-state index contributed by atoms with van der Waals surface area (Å²) in [6.45, 7) is 6.29. The van der Waals surface area contributed by atoms with Crippen molar-refractivity contribution in [2.24, 2.45) is 5.92 Å². The molecule has 314 valence electrons. The van der Waals surface area contributed by atoms with Crippen LogP contribution in [0.5, 0.6) is 0 Å². The second-order valence-electron chi connectivity index (χ2n) is 16.3. The van der Waals surface area contributed by atoms with E-state index in [2.05, 4.69) is 20.3 Å². The van der Waals surface area contributed by atoms with Gasteiger partial charge in [0.05, 0.1) is 58.8 Å². The maximum atomic E-state index is 13.9. The van der Waals surface area contributed by atoms with Crippen molar-refractivity contribution in [3.05, 3.63) is 109 Å². The second-order valence-corrected chi connectivity index (χ2v) is 16.3.